The maximum atomic E-state index is 13.3. The molecule has 4 nitrogen and oxygen atoms in total. The summed E-state index contributed by atoms with van der Waals surface area (Å²) in [5, 5.41) is 2.78. The number of ether oxygens (including phenoxy) is 2. The van der Waals surface area contributed by atoms with Gasteiger partial charge < -0.3 is 14.8 Å². The van der Waals surface area contributed by atoms with Crippen LogP contribution < -0.4 is 10.1 Å². The van der Waals surface area contributed by atoms with Crippen molar-refractivity contribution in [1.29, 1.82) is 0 Å². The van der Waals surface area contributed by atoms with Crippen LogP contribution in [0.3, 0.4) is 0 Å². The SMILES string of the molecule is COc1ccc(F)cc1[C@@]12C[C@@H]1COC(=O)N2. The van der Waals surface area contributed by atoms with Crippen molar-refractivity contribution in [1.82, 2.24) is 5.32 Å². The van der Waals surface area contributed by atoms with Crippen LogP contribution in [0.1, 0.15) is 12.0 Å². The normalized spacial score (nSPS) is 30.0. The minimum atomic E-state index is -0.497. The summed E-state index contributed by atoms with van der Waals surface area (Å²) in [4.78, 5) is 11.3. The quantitative estimate of drug-likeness (QED) is 0.853. The number of amides is 1. The van der Waals surface area contributed by atoms with Crippen LogP contribution in [-0.2, 0) is 10.3 Å². The van der Waals surface area contributed by atoms with Gasteiger partial charge in [-0.05, 0) is 24.6 Å². The minimum Gasteiger partial charge on any atom is -0.496 e. The van der Waals surface area contributed by atoms with Gasteiger partial charge in [0, 0.05) is 11.5 Å². The Hall–Kier alpha value is -1.78. The maximum Gasteiger partial charge on any atom is 0.407 e. The molecule has 1 aliphatic heterocycles. The van der Waals surface area contributed by atoms with Crippen molar-refractivity contribution in [2.24, 2.45) is 5.92 Å². The van der Waals surface area contributed by atoms with Crippen LogP contribution in [0.4, 0.5) is 9.18 Å². The van der Waals surface area contributed by atoms with E-state index in [2.05, 4.69) is 5.32 Å². The Balaban J connectivity index is 2.04. The van der Waals surface area contributed by atoms with E-state index in [1.54, 1.807) is 6.07 Å². The van der Waals surface area contributed by atoms with Crippen LogP contribution in [-0.4, -0.2) is 19.8 Å². The number of nitrogens with one attached hydrogen (secondary N) is 1. The Morgan fingerprint density at radius 3 is 3.18 bits per heavy atom. The van der Waals surface area contributed by atoms with Gasteiger partial charge in [0.05, 0.1) is 19.3 Å². The molecule has 0 radical (unpaired) electrons. The number of carbonyl (C=O) groups is 1. The molecular formula is C12H12FNO3. The first-order valence-electron chi connectivity index (χ1n) is 5.45. The van der Waals surface area contributed by atoms with E-state index in [1.807, 2.05) is 0 Å². The smallest absolute Gasteiger partial charge is 0.407 e. The standard InChI is InChI=1S/C12H12FNO3/c1-16-10-3-2-8(13)4-9(10)12-5-7(12)6-17-11(15)14-12/h2-4,7H,5-6H2,1H3,(H,14,15)/t7-,12-/m1/s1. The number of rotatable bonds is 2. The first-order valence-corrected chi connectivity index (χ1v) is 5.45. The summed E-state index contributed by atoms with van der Waals surface area (Å²) < 4.78 is 23.4. The molecule has 2 aliphatic rings. The summed E-state index contributed by atoms with van der Waals surface area (Å²) in [6.45, 7) is 0.380. The number of benzene rings is 1. The van der Waals surface area contributed by atoms with Crippen molar-refractivity contribution >= 4 is 6.09 Å². The van der Waals surface area contributed by atoms with E-state index in [-0.39, 0.29) is 11.7 Å². The molecule has 17 heavy (non-hydrogen) atoms. The van der Waals surface area contributed by atoms with Crippen LogP contribution in [0.15, 0.2) is 18.2 Å². The van der Waals surface area contributed by atoms with E-state index in [0.29, 0.717) is 17.9 Å². The number of hydrogen-bond donors (Lipinski definition) is 1. The van der Waals surface area contributed by atoms with Crippen LogP contribution in [0.2, 0.25) is 0 Å². The predicted molar refractivity (Wildman–Crippen MR) is 57.2 cm³/mol. The Labute approximate surface area is 97.7 Å². The van der Waals surface area contributed by atoms with Crippen molar-refractivity contribution in [3.8, 4) is 5.75 Å². The average Bonchev–Trinajstić information content (AvgIpc) is 3.03. The summed E-state index contributed by atoms with van der Waals surface area (Å²) in [5.74, 6) is 0.466. The molecule has 0 spiro atoms. The van der Waals surface area contributed by atoms with Gasteiger partial charge in [0.1, 0.15) is 11.6 Å². The molecule has 1 heterocycles. The van der Waals surface area contributed by atoms with Crippen LogP contribution >= 0.6 is 0 Å². The molecule has 5 heteroatoms. The Bertz CT molecular complexity index is 491. The molecular weight excluding hydrogens is 225 g/mol. The molecule has 1 aromatic carbocycles. The molecule has 1 amide bonds. The summed E-state index contributed by atoms with van der Waals surface area (Å²) in [7, 11) is 1.53. The third-order valence-electron chi connectivity index (χ3n) is 3.49. The highest BCUT2D eigenvalue weighted by molar-refractivity contribution is 5.72. The molecule has 90 valence electrons. The molecule has 2 fully saturated rings. The molecule has 1 saturated carbocycles. The Kier molecular flexibility index (Phi) is 2.05. The first-order chi connectivity index (χ1) is 8.15. The Morgan fingerprint density at radius 2 is 2.41 bits per heavy atom. The zero-order chi connectivity index (χ0) is 12.0. The van der Waals surface area contributed by atoms with Gasteiger partial charge in [-0.1, -0.05) is 0 Å². The fraction of sp³-hybridized carbons (Fsp3) is 0.417. The third-order valence-corrected chi connectivity index (χ3v) is 3.49. The Morgan fingerprint density at radius 1 is 1.59 bits per heavy atom. The van der Waals surface area contributed by atoms with Crippen LogP contribution in [0.25, 0.3) is 0 Å². The second kappa shape index (κ2) is 3.35. The van der Waals surface area contributed by atoms with E-state index < -0.39 is 11.6 Å². The topological polar surface area (TPSA) is 47.6 Å². The average molecular weight is 237 g/mol. The minimum absolute atomic E-state index is 0.205. The van der Waals surface area contributed by atoms with E-state index >= 15 is 0 Å². The fourth-order valence-corrected chi connectivity index (χ4v) is 2.50. The van der Waals surface area contributed by atoms with Crippen molar-refractivity contribution in [2.45, 2.75) is 12.0 Å². The van der Waals surface area contributed by atoms with E-state index in [1.165, 1.54) is 19.2 Å². The highest BCUT2D eigenvalue weighted by Crippen LogP contribution is 2.56. The molecule has 2 atom stereocenters. The first kappa shape index (κ1) is 10.4. The lowest BCUT2D eigenvalue weighted by Crippen LogP contribution is -2.42. The third kappa shape index (κ3) is 1.45. The van der Waals surface area contributed by atoms with Gasteiger partial charge in [0.25, 0.3) is 0 Å². The molecule has 0 aromatic heterocycles. The lowest BCUT2D eigenvalue weighted by Gasteiger charge is -2.25. The van der Waals surface area contributed by atoms with Gasteiger partial charge in [0.2, 0.25) is 0 Å². The number of halogens is 1. The second-order valence-corrected chi connectivity index (χ2v) is 4.44. The number of cyclic esters (lactones) is 1. The predicted octanol–water partition coefficient (Wildman–Crippen LogP) is 1.79. The molecule has 1 saturated heterocycles. The molecule has 0 unspecified atom stereocenters. The van der Waals surface area contributed by atoms with Crippen molar-refractivity contribution in [3.05, 3.63) is 29.6 Å². The largest absolute Gasteiger partial charge is 0.496 e. The van der Waals surface area contributed by atoms with Crippen LogP contribution in [0.5, 0.6) is 5.75 Å². The molecule has 1 N–H and O–H groups in total. The maximum absolute atomic E-state index is 13.3. The monoisotopic (exact) mass is 237 g/mol. The molecule has 3 rings (SSSR count). The highest BCUT2D eigenvalue weighted by atomic mass is 19.1. The number of fused-ring (bicyclic) bond motifs is 1. The van der Waals surface area contributed by atoms with Gasteiger partial charge in [0.15, 0.2) is 0 Å². The lowest BCUT2D eigenvalue weighted by molar-refractivity contribution is 0.111. The van der Waals surface area contributed by atoms with Crippen LogP contribution in [0, 0.1) is 11.7 Å². The zero-order valence-corrected chi connectivity index (χ0v) is 9.33. The van der Waals surface area contributed by atoms with Crippen molar-refractivity contribution < 1.29 is 18.7 Å². The highest BCUT2D eigenvalue weighted by Gasteiger charge is 2.61. The van der Waals surface area contributed by atoms with Gasteiger partial charge in [-0.15, -0.1) is 0 Å². The van der Waals surface area contributed by atoms with E-state index in [0.717, 1.165) is 6.42 Å². The molecule has 1 aliphatic carbocycles. The number of hydrogen-bond acceptors (Lipinski definition) is 3. The van der Waals surface area contributed by atoms with E-state index in [9.17, 15) is 9.18 Å². The van der Waals surface area contributed by atoms with Crippen molar-refractivity contribution in [3.63, 3.8) is 0 Å². The summed E-state index contributed by atoms with van der Waals surface area (Å²) in [6.07, 6.45) is 0.309. The number of methoxy groups -OCH3 is 1. The van der Waals surface area contributed by atoms with Gasteiger partial charge in [-0.2, -0.15) is 0 Å². The summed E-state index contributed by atoms with van der Waals surface area (Å²) in [6, 6.07) is 4.35. The van der Waals surface area contributed by atoms with Crippen molar-refractivity contribution in [2.75, 3.05) is 13.7 Å². The lowest BCUT2D eigenvalue weighted by atomic mass is 10.0. The number of alkyl carbamates (subject to hydrolysis) is 1. The molecule has 1 aromatic rings. The van der Waals surface area contributed by atoms with Gasteiger partial charge in [-0.3, -0.25) is 0 Å². The summed E-state index contributed by atoms with van der Waals surface area (Å²) >= 11 is 0. The van der Waals surface area contributed by atoms with E-state index in [4.69, 9.17) is 9.47 Å². The van der Waals surface area contributed by atoms with Gasteiger partial charge >= 0.3 is 6.09 Å². The zero-order valence-electron chi connectivity index (χ0n) is 9.33. The van der Waals surface area contributed by atoms with Gasteiger partial charge in [-0.25, -0.2) is 9.18 Å². The number of carbonyl (C=O) groups excluding carboxylic acids is 1. The summed E-state index contributed by atoms with van der Waals surface area (Å²) in [5.41, 5.74) is 0.199. The fourth-order valence-electron chi connectivity index (χ4n) is 2.50. The molecule has 0 bridgehead atoms. The second-order valence-electron chi connectivity index (χ2n) is 4.44.